The number of hydrogen-bond donors (Lipinski definition) is 4. The normalized spacial score (nSPS) is 11.1. The van der Waals surface area contributed by atoms with Crippen LogP contribution >= 0.6 is 0 Å². The van der Waals surface area contributed by atoms with Crippen LogP contribution < -0.4 is 0 Å². The number of hydrogen-bond acceptors (Lipinski definition) is 12. The van der Waals surface area contributed by atoms with E-state index in [4.69, 9.17) is 39.4 Å². The van der Waals surface area contributed by atoms with E-state index in [9.17, 15) is 19.2 Å². The van der Waals surface area contributed by atoms with Crippen LogP contribution in [-0.4, -0.2) is 97.2 Å². The number of unbranched alkanes of at least 4 members (excludes halogenated alkanes) is 6. The molecule has 216 valence electrons. The highest BCUT2D eigenvalue weighted by Gasteiger charge is 2.38. The van der Waals surface area contributed by atoms with Gasteiger partial charge in [-0.1, -0.05) is 19.3 Å². The summed E-state index contributed by atoms with van der Waals surface area (Å²) in [5, 5.41) is 35.6. The summed E-state index contributed by atoms with van der Waals surface area (Å²) in [5.74, 6) is -2.62. The lowest BCUT2D eigenvalue weighted by molar-refractivity contribution is -0.171. The van der Waals surface area contributed by atoms with Gasteiger partial charge in [-0.25, -0.2) is 4.79 Å². The molecule has 0 rings (SSSR count). The van der Waals surface area contributed by atoms with E-state index in [1.54, 1.807) is 0 Å². The second-order valence-corrected chi connectivity index (χ2v) is 8.90. The molecule has 12 heteroatoms. The maximum Gasteiger partial charge on any atom is 0.331 e. The predicted molar refractivity (Wildman–Crippen MR) is 130 cm³/mol. The molecule has 0 unspecified atom stereocenters. The lowest BCUT2D eigenvalue weighted by atomic mass is 9.92. The van der Waals surface area contributed by atoms with Crippen LogP contribution in [0.15, 0.2) is 0 Å². The van der Waals surface area contributed by atoms with Crippen molar-refractivity contribution in [2.24, 2.45) is 5.41 Å². The molecule has 12 nitrogen and oxygen atoms in total. The standard InChI is InChI=1S/C25H44O12/c26-13-7-1-4-10-21(30)34-17-25(20-37-24(33)16-29,18-35-22(31)11-5-2-8-14-27)19-36-23(32)12-6-3-9-15-28/h26-29H,1-20H2. The first-order valence-corrected chi connectivity index (χ1v) is 12.9. The fourth-order valence-corrected chi connectivity index (χ4v) is 3.12. The maximum absolute atomic E-state index is 12.2. The Kier molecular flexibility index (Phi) is 21.5. The highest BCUT2D eigenvalue weighted by atomic mass is 16.6. The quantitative estimate of drug-likeness (QED) is 0.0773. The summed E-state index contributed by atoms with van der Waals surface area (Å²) in [4.78, 5) is 48.3. The predicted octanol–water partition coefficient (Wildman–Crippen LogP) is 0.796. The van der Waals surface area contributed by atoms with Gasteiger partial charge < -0.3 is 39.4 Å². The summed E-state index contributed by atoms with van der Waals surface area (Å²) in [6.45, 7) is -2.41. The van der Waals surface area contributed by atoms with Crippen molar-refractivity contribution in [1.29, 1.82) is 0 Å². The third-order valence-electron chi connectivity index (χ3n) is 5.40. The van der Waals surface area contributed by atoms with Gasteiger partial charge in [-0.2, -0.15) is 0 Å². The summed E-state index contributed by atoms with van der Waals surface area (Å²) in [6, 6.07) is 0. The number of carbonyl (C=O) groups excluding carboxylic acids is 4. The average molecular weight is 537 g/mol. The Morgan fingerprint density at radius 1 is 0.432 bits per heavy atom. The largest absolute Gasteiger partial charge is 0.465 e. The summed E-state index contributed by atoms with van der Waals surface area (Å²) >= 11 is 0. The Hall–Kier alpha value is -2.28. The van der Waals surface area contributed by atoms with Crippen LogP contribution in [0, 0.1) is 5.41 Å². The minimum Gasteiger partial charge on any atom is -0.465 e. The number of esters is 4. The van der Waals surface area contributed by atoms with E-state index < -0.39 is 42.5 Å². The molecule has 0 aromatic heterocycles. The molecule has 0 saturated carbocycles. The van der Waals surface area contributed by atoms with Crippen molar-refractivity contribution in [1.82, 2.24) is 0 Å². The second kappa shape index (κ2) is 22.9. The molecule has 4 N–H and O–H groups in total. The zero-order valence-corrected chi connectivity index (χ0v) is 21.7. The molecule has 37 heavy (non-hydrogen) atoms. The Bertz CT molecular complexity index is 568. The third-order valence-corrected chi connectivity index (χ3v) is 5.40. The molecular weight excluding hydrogens is 492 g/mol. The fourth-order valence-electron chi connectivity index (χ4n) is 3.12. The minimum atomic E-state index is -1.40. The molecule has 0 bridgehead atoms. The van der Waals surface area contributed by atoms with Gasteiger partial charge in [-0.15, -0.1) is 0 Å². The Morgan fingerprint density at radius 3 is 1.00 bits per heavy atom. The first-order valence-electron chi connectivity index (χ1n) is 12.9. The van der Waals surface area contributed by atoms with Gasteiger partial charge in [0.15, 0.2) is 0 Å². The summed E-state index contributed by atoms with van der Waals surface area (Å²) in [7, 11) is 0. The zero-order chi connectivity index (χ0) is 27.8. The average Bonchev–Trinajstić information content (AvgIpc) is 2.90. The number of carbonyl (C=O) groups is 4. The lowest BCUT2D eigenvalue weighted by Gasteiger charge is -2.31. The fraction of sp³-hybridized carbons (Fsp3) is 0.840. The SMILES string of the molecule is O=C(CO)OCC(COC(=O)CCCCCO)(COC(=O)CCCCCO)COC(=O)CCCCCO. The van der Waals surface area contributed by atoms with Crippen LogP contribution in [0.1, 0.15) is 77.0 Å². The monoisotopic (exact) mass is 536 g/mol. The molecule has 0 amide bonds. The smallest absolute Gasteiger partial charge is 0.331 e. The molecule has 0 radical (unpaired) electrons. The molecule has 0 fully saturated rings. The number of aliphatic hydroxyl groups excluding tert-OH is 4. The van der Waals surface area contributed by atoms with Crippen molar-refractivity contribution in [3.05, 3.63) is 0 Å². The van der Waals surface area contributed by atoms with Crippen molar-refractivity contribution in [2.45, 2.75) is 77.0 Å². The van der Waals surface area contributed by atoms with Gasteiger partial charge in [0, 0.05) is 39.1 Å². The third kappa shape index (κ3) is 19.5. The van der Waals surface area contributed by atoms with Gasteiger partial charge in [0.2, 0.25) is 0 Å². The van der Waals surface area contributed by atoms with Crippen LogP contribution in [0.4, 0.5) is 0 Å². The van der Waals surface area contributed by atoms with Gasteiger partial charge in [0.25, 0.3) is 0 Å². The Labute approximate surface area is 218 Å². The molecule has 0 aliphatic rings. The molecule has 0 aromatic rings. The summed E-state index contributed by atoms with van der Waals surface area (Å²) < 4.78 is 21.1. The number of aliphatic hydroxyl groups is 4. The summed E-state index contributed by atoms with van der Waals surface area (Å²) in [6.07, 6.45) is 5.30. The highest BCUT2D eigenvalue weighted by molar-refractivity contribution is 5.71. The summed E-state index contributed by atoms with van der Waals surface area (Å²) in [5.41, 5.74) is -1.40. The molecule has 0 aliphatic heterocycles. The van der Waals surface area contributed by atoms with Crippen LogP contribution in [0.2, 0.25) is 0 Å². The van der Waals surface area contributed by atoms with E-state index >= 15 is 0 Å². The van der Waals surface area contributed by atoms with Crippen LogP contribution in [0.3, 0.4) is 0 Å². The lowest BCUT2D eigenvalue weighted by Crippen LogP contribution is -2.44. The maximum atomic E-state index is 12.2. The van der Waals surface area contributed by atoms with Crippen LogP contribution in [0.5, 0.6) is 0 Å². The molecule has 0 atom stereocenters. The Balaban J connectivity index is 5.31. The molecule has 0 aromatic carbocycles. The van der Waals surface area contributed by atoms with E-state index in [-0.39, 0.29) is 58.9 Å². The van der Waals surface area contributed by atoms with E-state index in [2.05, 4.69) is 0 Å². The van der Waals surface area contributed by atoms with Gasteiger partial charge in [-0.3, -0.25) is 14.4 Å². The van der Waals surface area contributed by atoms with E-state index in [0.29, 0.717) is 57.8 Å². The second-order valence-electron chi connectivity index (χ2n) is 8.90. The Morgan fingerprint density at radius 2 is 0.730 bits per heavy atom. The molecule has 0 spiro atoms. The van der Waals surface area contributed by atoms with Crippen molar-refractivity contribution >= 4 is 23.9 Å². The van der Waals surface area contributed by atoms with Gasteiger partial charge >= 0.3 is 23.9 Å². The van der Waals surface area contributed by atoms with Gasteiger partial charge in [0.1, 0.15) is 38.4 Å². The van der Waals surface area contributed by atoms with Crippen LogP contribution in [-0.2, 0) is 38.1 Å². The topological polar surface area (TPSA) is 186 Å². The van der Waals surface area contributed by atoms with E-state index in [1.807, 2.05) is 0 Å². The van der Waals surface area contributed by atoms with Gasteiger partial charge in [-0.05, 0) is 38.5 Å². The first kappa shape index (κ1) is 34.7. The van der Waals surface area contributed by atoms with Gasteiger partial charge in [0.05, 0.1) is 0 Å². The minimum absolute atomic E-state index is 0.0190. The van der Waals surface area contributed by atoms with Crippen molar-refractivity contribution < 1.29 is 58.6 Å². The molecule has 0 aliphatic carbocycles. The molecule has 0 heterocycles. The van der Waals surface area contributed by atoms with Crippen LogP contribution in [0.25, 0.3) is 0 Å². The van der Waals surface area contributed by atoms with Crippen molar-refractivity contribution in [2.75, 3.05) is 52.9 Å². The number of ether oxygens (including phenoxy) is 4. The number of rotatable bonds is 24. The molecular formula is C25H44O12. The van der Waals surface area contributed by atoms with Crippen molar-refractivity contribution in [3.63, 3.8) is 0 Å². The van der Waals surface area contributed by atoms with E-state index in [1.165, 1.54) is 0 Å². The van der Waals surface area contributed by atoms with Crippen molar-refractivity contribution in [3.8, 4) is 0 Å². The van der Waals surface area contributed by atoms with E-state index in [0.717, 1.165) is 0 Å². The zero-order valence-electron chi connectivity index (χ0n) is 21.7. The highest BCUT2D eigenvalue weighted by Crippen LogP contribution is 2.23. The first-order chi connectivity index (χ1) is 17.8. The molecule has 0 saturated heterocycles.